The van der Waals surface area contributed by atoms with E-state index in [0.717, 1.165) is 50.0 Å². The predicted octanol–water partition coefficient (Wildman–Crippen LogP) is 2.90. The summed E-state index contributed by atoms with van der Waals surface area (Å²) in [5.74, 6) is 0.562. The van der Waals surface area contributed by atoms with Crippen LogP contribution in [0, 0.1) is 18.7 Å². The lowest BCUT2D eigenvalue weighted by Gasteiger charge is -2.25. The van der Waals surface area contributed by atoms with Gasteiger partial charge in [-0.3, -0.25) is 4.79 Å². The monoisotopic (exact) mass is 416 g/mol. The molecule has 2 fully saturated rings. The maximum Gasteiger partial charge on any atom is 0.255 e. The van der Waals surface area contributed by atoms with E-state index in [1.165, 1.54) is 6.07 Å². The molecule has 7 heteroatoms. The number of nitrogens with two attached hydrogens (primary N) is 1. The van der Waals surface area contributed by atoms with Crippen molar-refractivity contribution in [2.24, 2.45) is 11.7 Å². The molecular formula is C23H33FN4O2. The fourth-order valence-corrected chi connectivity index (χ4v) is 4.59. The average molecular weight is 417 g/mol. The molecule has 1 saturated heterocycles. The topological polar surface area (TPSA) is 63.7 Å². The van der Waals surface area contributed by atoms with Gasteiger partial charge in [0.15, 0.2) is 0 Å². The fourth-order valence-electron chi connectivity index (χ4n) is 4.59. The van der Waals surface area contributed by atoms with Gasteiger partial charge in [-0.2, -0.15) is 0 Å². The van der Waals surface area contributed by atoms with Crippen molar-refractivity contribution in [2.75, 3.05) is 45.2 Å². The van der Waals surface area contributed by atoms with Crippen LogP contribution in [0.3, 0.4) is 0 Å². The van der Waals surface area contributed by atoms with Crippen LogP contribution in [0.15, 0.2) is 16.9 Å². The molecule has 4 rings (SSSR count). The molecule has 0 spiro atoms. The fraction of sp³-hybridized carbons (Fsp3) is 0.609. The first-order valence-corrected chi connectivity index (χ1v) is 10.9. The number of hydrogen-bond acceptors (Lipinski definition) is 5. The summed E-state index contributed by atoms with van der Waals surface area (Å²) < 4.78 is 23.2. The van der Waals surface area contributed by atoms with Crippen molar-refractivity contribution in [3.8, 4) is 5.75 Å². The summed E-state index contributed by atoms with van der Waals surface area (Å²) in [6.45, 7) is 6.64. The molecule has 0 radical (unpaired) electrons. The van der Waals surface area contributed by atoms with Crippen LogP contribution in [-0.2, 0) is 0 Å². The van der Waals surface area contributed by atoms with Crippen LogP contribution in [-0.4, -0.2) is 55.8 Å². The van der Waals surface area contributed by atoms with Crippen LogP contribution in [0.25, 0.3) is 10.9 Å². The van der Waals surface area contributed by atoms with Gasteiger partial charge < -0.3 is 24.8 Å². The number of halogens is 1. The van der Waals surface area contributed by atoms with E-state index in [9.17, 15) is 4.79 Å². The van der Waals surface area contributed by atoms with Gasteiger partial charge in [-0.25, -0.2) is 4.39 Å². The average Bonchev–Trinajstić information content (AvgIpc) is 3.38. The third-order valence-corrected chi connectivity index (χ3v) is 6.45. The molecule has 1 saturated carbocycles. The highest BCUT2D eigenvalue weighted by atomic mass is 19.1. The molecule has 30 heavy (non-hydrogen) atoms. The Hall–Kier alpha value is -2.12. The number of nitrogens with zero attached hydrogens (tertiary/aromatic N) is 3. The molecule has 2 heterocycles. The molecule has 1 unspecified atom stereocenters. The molecule has 1 aromatic carbocycles. The lowest BCUT2D eigenvalue weighted by Crippen LogP contribution is -2.30. The molecule has 2 N–H and O–H groups in total. The number of pyridine rings is 1. The second-order valence-corrected chi connectivity index (χ2v) is 9.18. The lowest BCUT2D eigenvalue weighted by atomic mass is 10.0. The Morgan fingerprint density at radius 2 is 2.03 bits per heavy atom. The number of aryl methyl sites for hydroxylation is 1. The zero-order valence-corrected chi connectivity index (χ0v) is 18.4. The highest BCUT2D eigenvalue weighted by Gasteiger charge is 2.32. The van der Waals surface area contributed by atoms with Crippen molar-refractivity contribution in [3.05, 3.63) is 33.9 Å². The quantitative estimate of drug-likeness (QED) is 0.752. The Kier molecular flexibility index (Phi) is 5.77. The molecule has 1 aromatic heterocycles. The smallest absolute Gasteiger partial charge is 0.255 e. The molecule has 1 aliphatic heterocycles. The van der Waals surface area contributed by atoms with Crippen LogP contribution in [0.4, 0.5) is 10.1 Å². The first-order valence-electron chi connectivity index (χ1n) is 10.9. The number of hydrogen-bond donors (Lipinski definition) is 1. The van der Waals surface area contributed by atoms with Crippen molar-refractivity contribution in [1.82, 2.24) is 9.47 Å². The molecule has 0 amide bonds. The molecular weight excluding hydrogens is 383 g/mol. The molecule has 1 aliphatic carbocycles. The number of likely N-dealkylation sites (N-methyl/N-ethyl adjacent to an activating group) is 1. The largest absolute Gasteiger partial charge is 0.491 e. The zero-order chi connectivity index (χ0) is 21.6. The standard InChI is InChI=1S/C23H33FN4O2/c1-14-22-18(11-19(24)23(14)27-8-7-16(13-27)15(2)25)20(30-10-9-26(3)4)12-21(29)28(22)17-5-6-17/h11-12,15-17H,5-10,13,25H2,1-4H3/t15-,16?/m0/s1. The van der Waals surface area contributed by atoms with Crippen molar-refractivity contribution >= 4 is 16.6 Å². The number of ether oxygens (including phenoxy) is 1. The Labute approximate surface area is 177 Å². The van der Waals surface area contributed by atoms with E-state index in [2.05, 4.69) is 4.90 Å². The van der Waals surface area contributed by atoms with Crippen molar-refractivity contribution in [2.45, 2.75) is 45.2 Å². The summed E-state index contributed by atoms with van der Waals surface area (Å²) in [5, 5.41) is 0.682. The van der Waals surface area contributed by atoms with Crippen LogP contribution < -0.4 is 20.9 Å². The van der Waals surface area contributed by atoms with Crippen molar-refractivity contribution in [1.29, 1.82) is 0 Å². The Bertz CT molecular complexity index is 997. The van der Waals surface area contributed by atoms with Crippen LogP contribution in [0.1, 0.15) is 37.8 Å². The number of benzene rings is 1. The summed E-state index contributed by atoms with van der Waals surface area (Å²) in [6, 6.07) is 3.36. The summed E-state index contributed by atoms with van der Waals surface area (Å²) in [5.41, 5.74) is 8.26. The maximum atomic E-state index is 15.4. The number of aromatic nitrogens is 1. The molecule has 2 aliphatic rings. The minimum absolute atomic E-state index is 0.0691. The maximum absolute atomic E-state index is 15.4. The zero-order valence-electron chi connectivity index (χ0n) is 18.4. The predicted molar refractivity (Wildman–Crippen MR) is 119 cm³/mol. The highest BCUT2D eigenvalue weighted by Crippen LogP contribution is 2.42. The molecule has 164 valence electrons. The van der Waals surface area contributed by atoms with Gasteiger partial charge in [0.05, 0.1) is 11.2 Å². The van der Waals surface area contributed by atoms with E-state index in [1.54, 1.807) is 6.07 Å². The normalized spacial score (nSPS) is 20.4. The molecule has 2 aromatic rings. The number of rotatable bonds is 7. The molecule has 2 atom stereocenters. The first kappa shape index (κ1) is 21.1. The van der Waals surface area contributed by atoms with Gasteiger partial charge in [-0.1, -0.05) is 0 Å². The molecule has 6 nitrogen and oxygen atoms in total. The van der Waals surface area contributed by atoms with Gasteiger partial charge in [0.1, 0.15) is 18.2 Å². The molecule has 0 bridgehead atoms. The van der Waals surface area contributed by atoms with Gasteiger partial charge in [-0.05, 0) is 64.8 Å². The van der Waals surface area contributed by atoms with E-state index in [-0.39, 0.29) is 23.5 Å². The van der Waals surface area contributed by atoms with Gasteiger partial charge in [0.25, 0.3) is 5.56 Å². The summed E-state index contributed by atoms with van der Waals surface area (Å²) >= 11 is 0. The number of anilines is 1. The Morgan fingerprint density at radius 3 is 2.63 bits per heavy atom. The van der Waals surface area contributed by atoms with E-state index < -0.39 is 0 Å². The van der Waals surface area contributed by atoms with Crippen molar-refractivity contribution < 1.29 is 9.13 Å². The van der Waals surface area contributed by atoms with Crippen LogP contribution in [0.2, 0.25) is 0 Å². The Balaban J connectivity index is 1.82. The minimum Gasteiger partial charge on any atom is -0.491 e. The van der Waals surface area contributed by atoms with Crippen LogP contribution >= 0.6 is 0 Å². The van der Waals surface area contributed by atoms with Crippen LogP contribution in [0.5, 0.6) is 5.75 Å². The summed E-state index contributed by atoms with van der Waals surface area (Å²) in [7, 11) is 3.93. The second-order valence-electron chi connectivity index (χ2n) is 9.18. The van der Waals surface area contributed by atoms with E-state index in [1.807, 2.05) is 37.4 Å². The lowest BCUT2D eigenvalue weighted by molar-refractivity contribution is 0.263. The Morgan fingerprint density at radius 1 is 1.30 bits per heavy atom. The second kappa shape index (κ2) is 8.19. The number of fused-ring (bicyclic) bond motifs is 1. The first-order chi connectivity index (χ1) is 14.3. The van der Waals surface area contributed by atoms with Gasteiger partial charge in [0, 0.05) is 43.2 Å². The summed E-state index contributed by atoms with van der Waals surface area (Å²) in [4.78, 5) is 17.1. The summed E-state index contributed by atoms with van der Waals surface area (Å²) in [6.07, 6.45) is 2.93. The van der Waals surface area contributed by atoms with Gasteiger partial charge in [0.2, 0.25) is 0 Å². The highest BCUT2D eigenvalue weighted by molar-refractivity contribution is 5.92. The third kappa shape index (κ3) is 3.93. The van der Waals surface area contributed by atoms with Gasteiger partial charge >= 0.3 is 0 Å². The van der Waals surface area contributed by atoms with E-state index in [4.69, 9.17) is 10.5 Å². The minimum atomic E-state index is -0.260. The SMILES string of the molecule is Cc1c(N2CCC([C@H](C)N)C2)c(F)cc2c(OCCN(C)C)cc(=O)n(C3CC3)c12. The van der Waals surface area contributed by atoms with E-state index in [0.29, 0.717) is 29.3 Å². The van der Waals surface area contributed by atoms with E-state index >= 15 is 4.39 Å². The third-order valence-electron chi connectivity index (χ3n) is 6.45. The van der Waals surface area contributed by atoms with Gasteiger partial charge in [-0.15, -0.1) is 0 Å². The van der Waals surface area contributed by atoms with Crippen molar-refractivity contribution in [3.63, 3.8) is 0 Å².